The van der Waals surface area contributed by atoms with Gasteiger partial charge in [0.1, 0.15) is 5.75 Å². The monoisotopic (exact) mass is 413 g/mol. The summed E-state index contributed by atoms with van der Waals surface area (Å²) in [5.74, 6) is 0.228. The molecular formula is C19H31N3O5S. The lowest BCUT2D eigenvalue weighted by atomic mass is 9.99. The van der Waals surface area contributed by atoms with Gasteiger partial charge < -0.3 is 14.8 Å². The molecule has 8 nitrogen and oxygen atoms in total. The molecule has 0 aliphatic carbocycles. The zero-order valence-corrected chi connectivity index (χ0v) is 17.7. The Bertz CT molecular complexity index is 724. The highest BCUT2D eigenvalue weighted by molar-refractivity contribution is 7.90. The quantitative estimate of drug-likeness (QED) is 0.589. The van der Waals surface area contributed by atoms with E-state index in [2.05, 4.69) is 5.32 Å². The topological polar surface area (TPSA) is 88.2 Å². The summed E-state index contributed by atoms with van der Waals surface area (Å²) >= 11 is 0. The van der Waals surface area contributed by atoms with Crippen molar-refractivity contribution in [2.45, 2.75) is 26.7 Å². The molecule has 0 radical (unpaired) electrons. The van der Waals surface area contributed by atoms with Crippen LogP contribution in [-0.2, 0) is 19.7 Å². The molecule has 158 valence electrons. The van der Waals surface area contributed by atoms with Crippen LogP contribution in [-0.4, -0.2) is 65.1 Å². The van der Waals surface area contributed by atoms with E-state index in [0.29, 0.717) is 57.1 Å². The van der Waals surface area contributed by atoms with Gasteiger partial charge in [-0.1, -0.05) is 0 Å². The minimum atomic E-state index is -3.72. The van der Waals surface area contributed by atoms with Crippen LogP contribution in [0.5, 0.6) is 5.75 Å². The number of ether oxygens (including phenoxy) is 2. The van der Waals surface area contributed by atoms with Crippen molar-refractivity contribution in [2.24, 2.45) is 5.92 Å². The van der Waals surface area contributed by atoms with Gasteiger partial charge in [-0.15, -0.1) is 0 Å². The number of hydrogen-bond acceptors (Lipinski definition) is 5. The summed E-state index contributed by atoms with van der Waals surface area (Å²) in [7, 11) is -2.15. The zero-order valence-electron chi connectivity index (χ0n) is 16.9. The number of carbonyl (C=O) groups is 1. The first-order valence-electron chi connectivity index (χ1n) is 9.71. The lowest BCUT2D eigenvalue weighted by Crippen LogP contribution is -2.50. The van der Waals surface area contributed by atoms with E-state index in [1.54, 1.807) is 38.3 Å². The van der Waals surface area contributed by atoms with E-state index < -0.39 is 10.2 Å². The standard InChI is InChI=1S/C19H31N3O5S/c1-4-22(17-8-10-18(11-9-17)27-5-2)28(24,25)21-13-6-7-16(15-21)19(23)20-12-14-26-3/h8-11,16H,4-7,12-15H2,1-3H3,(H,20,23)/t16-/m1/s1. The number of piperidine rings is 1. The molecule has 1 amide bonds. The summed E-state index contributed by atoms with van der Waals surface area (Å²) in [6.45, 7) is 6.01. The largest absolute Gasteiger partial charge is 0.494 e. The van der Waals surface area contributed by atoms with E-state index in [-0.39, 0.29) is 18.4 Å². The fourth-order valence-electron chi connectivity index (χ4n) is 3.28. The fraction of sp³-hybridized carbons (Fsp3) is 0.632. The van der Waals surface area contributed by atoms with Gasteiger partial charge in [-0.25, -0.2) is 0 Å². The molecule has 28 heavy (non-hydrogen) atoms. The molecule has 1 atom stereocenters. The number of hydrogen-bond donors (Lipinski definition) is 1. The predicted octanol–water partition coefficient (Wildman–Crippen LogP) is 1.63. The summed E-state index contributed by atoms with van der Waals surface area (Å²) in [5.41, 5.74) is 0.581. The van der Waals surface area contributed by atoms with Crippen LogP contribution in [0.4, 0.5) is 5.69 Å². The smallest absolute Gasteiger partial charge is 0.304 e. The lowest BCUT2D eigenvalue weighted by molar-refractivity contribution is -0.126. The van der Waals surface area contributed by atoms with Crippen molar-refractivity contribution in [1.29, 1.82) is 0 Å². The van der Waals surface area contributed by atoms with Gasteiger partial charge in [0.25, 0.3) is 0 Å². The predicted molar refractivity (Wildman–Crippen MR) is 109 cm³/mol. The van der Waals surface area contributed by atoms with Gasteiger partial charge in [0, 0.05) is 33.3 Å². The van der Waals surface area contributed by atoms with Crippen molar-refractivity contribution in [3.63, 3.8) is 0 Å². The molecule has 1 N–H and O–H groups in total. The molecule has 0 aromatic heterocycles. The van der Waals surface area contributed by atoms with Gasteiger partial charge in [-0.2, -0.15) is 12.7 Å². The van der Waals surface area contributed by atoms with Crippen LogP contribution in [0.15, 0.2) is 24.3 Å². The average Bonchev–Trinajstić information content (AvgIpc) is 2.70. The molecule has 0 spiro atoms. The molecule has 1 heterocycles. The molecule has 2 rings (SSSR count). The van der Waals surface area contributed by atoms with Gasteiger partial charge in [-0.05, 0) is 51.0 Å². The van der Waals surface area contributed by atoms with Crippen LogP contribution in [0.2, 0.25) is 0 Å². The molecule has 0 bridgehead atoms. The maximum atomic E-state index is 13.2. The van der Waals surface area contributed by atoms with E-state index >= 15 is 0 Å². The Labute approximate surface area is 168 Å². The van der Waals surface area contributed by atoms with Gasteiger partial charge in [0.15, 0.2) is 0 Å². The first-order valence-corrected chi connectivity index (χ1v) is 11.1. The van der Waals surface area contributed by atoms with Gasteiger partial charge in [-0.3, -0.25) is 9.10 Å². The Hall–Kier alpha value is -1.84. The van der Waals surface area contributed by atoms with Crippen LogP contribution in [0, 0.1) is 5.92 Å². The molecule has 1 aliphatic rings. The van der Waals surface area contributed by atoms with Crippen molar-refractivity contribution in [3.8, 4) is 5.75 Å². The molecule has 1 aromatic rings. The Kier molecular flexibility index (Phi) is 8.53. The highest BCUT2D eigenvalue weighted by atomic mass is 32.2. The third kappa shape index (κ3) is 5.59. The number of methoxy groups -OCH3 is 1. The molecule has 0 saturated carbocycles. The molecule has 1 aromatic carbocycles. The summed E-state index contributed by atoms with van der Waals surface area (Å²) < 4.78 is 39.6. The van der Waals surface area contributed by atoms with Crippen LogP contribution in [0.1, 0.15) is 26.7 Å². The highest BCUT2D eigenvalue weighted by Crippen LogP contribution is 2.26. The average molecular weight is 414 g/mol. The SMILES string of the molecule is CCOc1ccc(N(CC)S(=O)(=O)N2CCC[C@@H](C(=O)NCCOC)C2)cc1. The van der Waals surface area contributed by atoms with Crippen molar-refractivity contribution in [3.05, 3.63) is 24.3 Å². The lowest BCUT2D eigenvalue weighted by Gasteiger charge is -2.35. The molecular weight excluding hydrogens is 382 g/mol. The van der Waals surface area contributed by atoms with E-state index in [9.17, 15) is 13.2 Å². The number of nitrogens with zero attached hydrogens (tertiary/aromatic N) is 2. The van der Waals surface area contributed by atoms with Crippen LogP contribution in [0.25, 0.3) is 0 Å². The summed E-state index contributed by atoms with van der Waals surface area (Å²) in [4.78, 5) is 12.3. The van der Waals surface area contributed by atoms with Crippen LogP contribution >= 0.6 is 0 Å². The molecule has 0 unspecified atom stereocenters. The van der Waals surface area contributed by atoms with E-state index in [1.165, 1.54) is 8.61 Å². The fourth-order valence-corrected chi connectivity index (χ4v) is 5.00. The van der Waals surface area contributed by atoms with Gasteiger partial charge >= 0.3 is 10.2 Å². The number of benzene rings is 1. The number of nitrogens with one attached hydrogen (secondary N) is 1. The minimum absolute atomic E-state index is 0.124. The van der Waals surface area contributed by atoms with Gasteiger partial charge in [0.2, 0.25) is 5.91 Å². The second-order valence-corrected chi connectivity index (χ2v) is 8.43. The first-order chi connectivity index (χ1) is 13.4. The van der Waals surface area contributed by atoms with Crippen molar-refractivity contribution in [1.82, 2.24) is 9.62 Å². The summed E-state index contributed by atoms with van der Waals surface area (Å²) in [6.07, 6.45) is 1.34. The molecule has 1 aliphatic heterocycles. The highest BCUT2D eigenvalue weighted by Gasteiger charge is 2.35. The number of carbonyl (C=O) groups excluding carboxylic acids is 1. The van der Waals surface area contributed by atoms with E-state index in [1.807, 2.05) is 6.92 Å². The maximum absolute atomic E-state index is 13.2. The Balaban J connectivity index is 2.10. The third-order valence-electron chi connectivity index (χ3n) is 4.69. The van der Waals surface area contributed by atoms with Crippen LogP contribution in [0.3, 0.4) is 0 Å². The molecule has 1 fully saturated rings. The van der Waals surface area contributed by atoms with Crippen molar-refractivity contribution < 1.29 is 22.7 Å². The zero-order chi connectivity index (χ0) is 20.6. The second kappa shape index (κ2) is 10.6. The minimum Gasteiger partial charge on any atom is -0.494 e. The van der Waals surface area contributed by atoms with Crippen molar-refractivity contribution in [2.75, 3.05) is 50.8 Å². The Morgan fingerprint density at radius 3 is 2.61 bits per heavy atom. The Morgan fingerprint density at radius 1 is 1.29 bits per heavy atom. The van der Waals surface area contributed by atoms with E-state index in [0.717, 1.165) is 0 Å². The summed E-state index contributed by atoms with van der Waals surface area (Å²) in [5, 5.41) is 2.81. The third-order valence-corrected chi connectivity index (χ3v) is 6.70. The first kappa shape index (κ1) is 22.4. The van der Waals surface area contributed by atoms with E-state index in [4.69, 9.17) is 9.47 Å². The number of amides is 1. The maximum Gasteiger partial charge on any atom is 0.304 e. The molecule has 1 saturated heterocycles. The number of rotatable bonds is 10. The number of anilines is 1. The van der Waals surface area contributed by atoms with Crippen molar-refractivity contribution >= 4 is 21.8 Å². The summed E-state index contributed by atoms with van der Waals surface area (Å²) in [6, 6.07) is 7.01. The van der Waals surface area contributed by atoms with Crippen LogP contribution < -0.4 is 14.4 Å². The normalized spacial score (nSPS) is 17.9. The molecule has 9 heteroatoms. The second-order valence-electron chi connectivity index (χ2n) is 6.58. The van der Waals surface area contributed by atoms with Gasteiger partial charge in [0.05, 0.1) is 24.8 Å². The Morgan fingerprint density at radius 2 is 2.00 bits per heavy atom.